The van der Waals surface area contributed by atoms with Crippen molar-refractivity contribution >= 4 is 0 Å². The Morgan fingerprint density at radius 3 is 2.91 bits per heavy atom. The molecule has 0 aromatic rings. The van der Waals surface area contributed by atoms with E-state index in [1.54, 1.807) is 0 Å². The van der Waals surface area contributed by atoms with Gasteiger partial charge in [-0.1, -0.05) is 6.92 Å². The van der Waals surface area contributed by atoms with Crippen molar-refractivity contribution in [2.45, 2.75) is 38.6 Å². The molecule has 1 rings (SSSR count). The second-order valence-electron chi connectivity index (χ2n) is 3.53. The quantitative estimate of drug-likeness (QED) is 0.651. The second-order valence-corrected chi connectivity index (χ2v) is 3.53. The van der Waals surface area contributed by atoms with Gasteiger partial charge in [-0.25, -0.2) is 0 Å². The molecule has 11 heavy (non-hydrogen) atoms. The van der Waals surface area contributed by atoms with Crippen LogP contribution in [0.3, 0.4) is 0 Å². The summed E-state index contributed by atoms with van der Waals surface area (Å²) in [7, 11) is 0. The van der Waals surface area contributed by atoms with Gasteiger partial charge in [-0.2, -0.15) is 0 Å². The molecule has 1 saturated heterocycles. The van der Waals surface area contributed by atoms with Crippen molar-refractivity contribution in [3.63, 3.8) is 0 Å². The molecular formula is C9H20N2. The third-order valence-corrected chi connectivity index (χ3v) is 2.41. The minimum Gasteiger partial charge on any atom is -0.328 e. The van der Waals surface area contributed by atoms with Crippen molar-refractivity contribution in [2.75, 3.05) is 19.6 Å². The Labute approximate surface area is 69.8 Å². The van der Waals surface area contributed by atoms with Crippen molar-refractivity contribution in [2.24, 2.45) is 5.73 Å². The molecule has 1 aliphatic rings. The number of hydrogen-bond acceptors (Lipinski definition) is 2. The molecule has 0 amide bonds. The monoisotopic (exact) mass is 156 g/mol. The number of likely N-dealkylation sites (tertiary alicyclic amines) is 1. The van der Waals surface area contributed by atoms with Gasteiger partial charge in [0.25, 0.3) is 0 Å². The minimum absolute atomic E-state index is 0.469. The Balaban J connectivity index is 2.22. The van der Waals surface area contributed by atoms with E-state index >= 15 is 0 Å². The van der Waals surface area contributed by atoms with Gasteiger partial charge in [-0.05, 0) is 45.3 Å². The lowest BCUT2D eigenvalue weighted by Crippen LogP contribution is -2.27. The van der Waals surface area contributed by atoms with E-state index in [0.717, 1.165) is 0 Å². The molecule has 1 fully saturated rings. The van der Waals surface area contributed by atoms with Crippen molar-refractivity contribution in [1.29, 1.82) is 0 Å². The molecule has 1 atom stereocenters. The van der Waals surface area contributed by atoms with Crippen molar-refractivity contribution in [3.05, 3.63) is 0 Å². The zero-order valence-corrected chi connectivity index (χ0v) is 7.55. The van der Waals surface area contributed by atoms with Crippen LogP contribution in [0.2, 0.25) is 0 Å². The van der Waals surface area contributed by atoms with E-state index in [9.17, 15) is 0 Å². The lowest BCUT2D eigenvalue weighted by molar-refractivity contribution is 0.284. The maximum Gasteiger partial charge on any atom is 0.00514 e. The normalized spacial score (nSPS) is 28.4. The highest BCUT2D eigenvalue weighted by molar-refractivity contribution is 4.70. The molecular weight excluding hydrogens is 136 g/mol. The lowest BCUT2D eigenvalue weighted by atomic mass is 10.1. The predicted molar refractivity (Wildman–Crippen MR) is 48.6 cm³/mol. The van der Waals surface area contributed by atoms with Gasteiger partial charge in [0.05, 0.1) is 0 Å². The summed E-state index contributed by atoms with van der Waals surface area (Å²) in [6, 6.07) is 0.469. The third-order valence-electron chi connectivity index (χ3n) is 2.41. The van der Waals surface area contributed by atoms with Crippen molar-refractivity contribution in [3.8, 4) is 0 Å². The molecule has 0 bridgehead atoms. The smallest absolute Gasteiger partial charge is 0.00514 e. The summed E-state index contributed by atoms with van der Waals surface area (Å²) in [4.78, 5) is 2.53. The van der Waals surface area contributed by atoms with E-state index in [1.165, 1.54) is 45.3 Å². The van der Waals surface area contributed by atoms with E-state index in [-0.39, 0.29) is 0 Å². The van der Waals surface area contributed by atoms with Gasteiger partial charge >= 0.3 is 0 Å². The first-order valence-corrected chi connectivity index (χ1v) is 4.81. The summed E-state index contributed by atoms with van der Waals surface area (Å²) in [5.74, 6) is 0. The highest BCUT2D eigenvalue weighted by Gasteiger charge is 2.12. The first-order valence-electron chi connectivity index (χ1n) is 4.81. The van der Waals surface area contributed by atoms with Crippen LogP contribution in [0, 0.1) is 0 Å². The molecule has 0 spiro atoms. The summed E-state index contributed by atoms with van der Waals surface area (Å²) < 4.78 is 0. The standard InChI is InChI=1S/C9H20N2/c1-2-6-11-7-3-4-9(10)5-8-11/h9H,2-8,10H2,1H3. The van der Waals surface area contributed by atoms with E-state index in [2.05, 4.69) is 11.8 Å². The van der Waals surface area contributed by atoms with Gasteiger partial charge in [0.1, 0.15) is 0 Å². The average Bonchev–Trinajstić information content (AvgIpc) is 2.17. The Hall–Kier alpha value is -0.0800. The third kappa shape index (κ3) is 3.21. The molecule has 2 N–H and O–H groups in total. The minimum atomic E-state index is 0.469. The first kappa shape index (κ1) is 9.01. The number of hydrogen-bond donors (Lipinski definition) is 1. The fourth-order valence-corrected chi connectivity index (χ4v) is 1.72. The summed E-state index contributed by atoms with van der Waals surface area (Å²) >= 11 is 0. The van der Waals surface area contributed by atoms with Crippen LogP contribution >= 0.6 is 0 Å². The average molecular weight is 156 g/mol. The number of rotatable bonds is 2. The summed E-state index contributed by atoms with van der Waals surface area (Å²) in [5, 5.41) is 0. The van der Waals surface area contributed by atoms with Gasteiger partial charge < -0.3 is 10.6 Å². The second kappa shape index (κ2) is 4.73. The zero-order valence-electron chi connectivity index (χ0n) is 7.55. The topological polar surface area (TPSA) is 29.3 Å². The van der Waals surface area contributed by atoms with Crippen LogP contribution < -0.4 is 5.73 Å². The molecule has 0 aliphatic carbocycles. The summed E-state index contributed by atoms with van der Waals surface area (Å²) in [6.07, 6.45) is 4.98. The first-order chi connectivity index (χ1) is 5.33. The molecule has 2 nitrogen and oxygen atoms in total. The van der Waals surface area contributed by atoms with Crippen LogP contribution in [0.25, 0.3) is 0 Å². The molecule has 1 aliphatic heterocycles. The van der Waals surface area contributed by atoms with Gasteiger partial charge in [0, 0.05) is 6.04 Å². The molecule has 1 heterocycles. The van der Waals surface area contributed by atoms with Crippen LogP contribution in [0.4, 0.5) is 0 Å². The zero-order chi connectivity index (χ0) is 8.10. The van der Waals surface area contributed by atoms with Crippen molar-refractivity contribution < 1.29 is 0 Å². The lowest BCUT2D eigenvalue weighted by Gasteiger charge is -2.18. The maximum atomic E-state index is 5.87. The van der Waals surface area contributed by atoms with Crippen LogP contribution in [-0.4, -0.2) is 30.6 Å². The largest absolute Gasteiger partial charge is 0.328 e. The van der Waals surface area contributed by atoms with E-state index in [4.69, 9.17) is 5.73 Å². The summed E-state index contributed by atoms with van der Waals surface area (Å²) in [5.41, 5.74) is 5.87. The molecule has 2 heteroatoms. The molecule has 0 radical (unpaired) electrons. The fraction of sp³-hybridized carbons (Fsp3) is 1.00. The van der Waals surface area contributed by atoms with Crippen LogP contribution in [0.5, 0.6) is 0 Å². The highest BCUT2D eigenvalue weighted by atomic mass is 15.1. The Morgan fingerprint density at radius 2 is 2.18 bits per heavy atom. The molecule has 0 saturated carbocycles. The molecule has 66 valence electrons. The van der Waals surface area contributed by atoms with Crippen LogP contribution in [-0.2, 0) is 0 Å². The van der Waals surface area contributed by atoms with Gasteiger partial charge in [-0.15, -0.1) is 0 Å². The SMILES string of the molecule is CCCN1CCCC(N)CC1. The molecule has 0 aromatic carbocycles. The van der Waals surface area contributed by atoms with Crippen LogP contribution in [0.1, 0.15) is 32.6 Å². The Bertz CT molecular complexity index is 104. The Kier molecular flexibility index (Phi) is 3.87. The van der Waals surface area contributed by atoms with Gasteiger partial charge in [-0.3, -0.25) is 0 Å². The predicted octanol–water partition coefficient (Wildman–Crippen LogP) is 1.21. The Morgan fingerprint density at radius 1 is 1.36 bits per heavy atom. The highest BCUT2D eigenvalue weighted by Crippen LogP contribution is 2.08. The number of nitrogens with two attached hydrogens (primary N) is 1. The molecule has 0 aromatic heterocycles. The van der Waals surface area contributed by atoms with Gasteiger partial charge in [0.15, 0.2) is 0 Å². The maximum absolute atomic E-state index is 5.87. The van der Waals surface area contributed by atoms with Gasteiger partial charge in [0.2, 0.25) is 0 Å². The summed E-state index contributed by atoms with van der Waals surface area (Å²) in [6.45, 7) is 5.98. The fourth-order valence-electron chi connectivity index (χ4n) is 1.72. The van der Waals surface area contributed by atoms with Crippen molar-refractivity contribution in [1.82, 2.24) is 4.90 Å². The molecule has 1 unspecified atom stereocenters. The van der Waals surface area contributed by atoms with E-state index in [0.29, 0.717) is 6.04 Å². The van der Waals surface area contributed by atoms with E-state index < -0.39 is 0 Å². The van der Waals surface area contributed by atoms with E-state index in [1.807, 2.05) is 0 Å². The number of nitrogens with zero attached hydrogens (tertiary/aromatic N) is 1. The van der Waals surface area contributed by atoms with Crippen LogP contribution in [0.15, 0.2) is 0 Å².